The highest BCUT2D eigenvalue weighted by atomic mass is 19.2. The van der Waals surface area contributed by atoms with E-state index in [1.165, 1.54) is 6.92 Å². The highest BCUT2D eigenvalue weighted by Crippen LogP contribution is 2.19. The van der Waals surface area contributed by atoms with E-state index in [0.29, 0.717) is 5.56 Å². The zero-order valence-electron chi connectivity index (χ0n) is 13.9. The van der Waals surface area contributed by atoms with Gasteiger partial charge in [0.05, 0.1) is 5.56 Å². The van der Waals surface area contributed by atoms with E-state index >= 15 is 0 Å². The van der Waals surface area contributed by atoms with Crippen LogP contribution in [0.25, 0.3) is 0 Å². The molecule has 1 unspecified atom stereocenters. The molecule has 0 aliphatic carbocycles. The van der Waals surface area contributed by atoms with E-state index in [0.717, 1.165) is 34.9 Å². The van der Waals surface area contributed by atoms with Gasteiger partial charge in [-0.3, -0.25) is 4.79 Å². The monoisotopic (exact) mass is 332 g/mol. The summed E-state index contributed by atoms with van der Waals surface area (Å²) in [6.07, 6.45) is -1.11. The summed E-state index contributed by atoms with van der Waals surface area (Å²) in [6.45, 7) is 6.90. The summed E-state index contributed by atoms with van der Waals surface area (Å²) in [5, 5.41) is 0. The van der Waals surface area contributed by atoms with Crippen LogP contribution < -0.4 is 0 Å². The first kappa shape index (κ1) is 17.8. The predicted octanol–water partition coefficient (Wildman–Crippen LogP) is 4.32. The van der Waals surface area contributed by atoms with Gasteiger partial charge in [0.2, 0.25) is 5.78 Å². The van der Waals surface area contributed by atoms with Gasteiger partial charge in [-0.2, -0.15) is 0 Å². The van der Waals surface area contributed by atoms with Crippen LogP contribution in [0, 0.1) is 32.4 Å². The molecule has 0 radical (unpaired) electrons. The zero-order chi connectivity index (χ0) is 18.0. The van der Waals surface area contributed by atoms with E-state index in [1.54, 1.807) is 13.8 Å². The number of carbonyl (C=O) groups is 2. The minimum absolute atomic E-state index is 0.0495. The Labute approximate surface area is 139 Å². The first-order valence-electron chi connectivity index (χ1n) is 7.48. The first-order chi connectivity index (χ1) is 11.2. The van der Waals surface area contributed by atoms with Crippen molar-refractivity contribution in [2.45, 2.75) is 33.8 Å². The summed E-state index contributed by atoms with van der Waals surface area (Å²) in [6, 6.07) is 6.53. The highest BCUT2D eigenvalue weighted by molar-refractivity contribution is 6.01. The maximum Gasteiger partial charge on any atom is 0.339 e. The maximum atomic E-state index is 13.2. The summed E-state index contributed by atoms with van der Waals surface area (Å²) in [7, 11) is 0. The van der Waals surface area contributed by atoms with Gasteiger partial charge in [0.15, 0.2) is 17.7 Å². The molecule has 0 aliphatic heterocycles. The van der Waals surface area contributed by atoms with Crippen LogP contribution in [0.4, 0.5) is 8.78 Å². The number of hydrogen-bond acceptors (Lipinski definition) is 3. The smallest absolute Gasteiger partial charge is 0.339 e. The van der Waals surface area contributed by atoms with Gasteiger partial charge in [-0.15, -0.1) is 0 Å². The van der Waals surface area contributed by atoms with E-state index in [-0.39, 0.29) is 5.56 Å². The number of halogens is 2. The van der Waals surface area contributed by atoms with Crippen LogP contribution in [0.15, 0.2) is 30.3 Å². The molecule has 1 atom stereocenters. The molecule has 0 aromatic heterocycles. The van der Waals surface area contributed by atoms with Gasteiger partial charge in [-0.25, -0.2) is 13.6 Å². The Hall–Kier alpha value is -2.56. The SMILES string of the molecule is Cc1cc(C)c(C(=O)OC(C)C(=O)c2ccc(F)c(F)c2)c(C)c1. The van der Waals surface area contributed by atoms with Crippen molar-refractivity contribution < 1.29 is 23.1 Å². The summed E-state index contributed by atoms with van der Waals surface area (Å²) in [5.41, 5.74) is 2.89. The average molecular weight is 332 g/mol. The maximum absolute atomic E-state index is 13.2. The molecule has 0 fully saturated rings. The van der Waals surface area contributed by atoms with Gasteiger partial charge in [0.25, 0.3) is 0 Å². The number of ether oxygens (including phenoxy) is 1. The van der Waals surface area contributed by atoms with Crippen molar-refractivity contribution in [3.8, 4) is 0 Å². The van der Waals surface area contributed by atoms with E-state index < -0.39 is 29.5 Å². The molecule has 0 N–H and O–H groups in total. The van der Waals surface area contributed by atoms with E-state index in [2.05, 4.69) is 0 Å². The number of hydrogen-bond donors (Lipinski definition) is 0. The molecule has 0 aliphatic rings. The lowest BCUT2D eigenvalue weighted by atomic mass is 10.00. The topological polar surface area (TPSA) is 43.4 Å². The molecule has 2 aromatic rings. The molecule has 0 saturated heterocycles. The van der Waals surface area contributed by atoms with Gasteiger partial charge in [-0.05, 0) is 57.0 Å². The van der Waals surface area contributed by atoms with Gasteiger partial charge in [0.1, 0.15) is 0 Å². The van der Waals surface area contributed by atoms with Gasteiger partial charge < -0.3 is 4.74 Å². The Morgan fingerprint density at radius 3 is 2.08 bits per heavy atom. The number of Topliss-reactive ketones (excluding diaryl/α,β-unsaturated/α-hetero) is 1. The summed E-state index contributed by atoms with van der Waals surface area (Å²) in [4.78, 5) is 24.6. The summed E-state index contributed by atoms with van der Waals surface area (Å²) in [5.74, 6) is -3.37. The van der Waals surface area contributed by atoms with Crippen molar-refractivity contribution >= 4 is 11.8 Å². The second kappa shape index (κ2) is 6.91. The van der Waals surface area contributed by atoms with Crippen LogP contribution in [0.2, 0.25) is 0 Å². The van der Waals surface area contributed by atoms with Gasteiger partial charge >= 0.3 is 5.97 Å². The molecular weight excluding hydrogens is 314 g/mol. The minimum Gasteiger partial charge on any atom is -0.451 e. The molecule has 0 amide bonds. The Bertz CT molecular complexity index is 789. The molecule has 126 valence electrons. The van der Waals surface area contributed by atoms with Crippen LogP contribution in [0.5, 0.6) is 0 Å². The van der Waals surface area contributed by atoms with Crippen LogP contribution in [-0.4, -0.2) is 17.9 Å². The number of aryl methyl sites for hydroxylation is 3. The molecule has 0 spiro atoms. The lowest BCUT2D eigenvalue weighted by molar-refractivity contribution is 0.0317. The standard InChI is InChI=1S/C19H18F2O3/c1-10-7-11(2)17(12(3)8-10)19(23)24-13(4)18(22)14-5-6-15(20)16(21)9-14/h5-9,13H,1-4H3. The Morgan fingerprint density at radius 1 is 0.958 bits per heavy atom. The van der Waals surface area contributed by atoms with Crippen molar-refractivity contribution in [1.29, 1.82) is 0 Å². The van der Waals surface area contributed by atoms with Crippen molar-refractivity contribution in [2.24, 2.45) is 0 Å². The second-order valence-corrected chi connectivity index (χ2v) is 5.81. The number of rotatable bonds is 4. The Morgan fingerprint density at radius 2 is 1.54 bits per heavy atom. The normalized spacial score (nSPS) is 11.9. The Kier molecular flexibility index (Phi) is 5.12. The van der Waals surface area contributed by atoms with Crippen molar-refractivity contribution in [3.05, 3.63) is 69.8 Å². The van der Waals surface area contributed by atoms with Crippen LogP contribution in [0.1, 0.15) is 44.3 Å². The molecule has 0 heterocycles. The van der Waals surface area contributed by atoms with Crippen molar-refractivity contribution in [2.75, 3.05) is 0 Å². The number of benzene rings is 2. The molecule has 0 bridgehead atoms. The van der Waals surface area contributed by atoms with Gasteiger partial charge in [-0.1, -0.05) is 17.7 Å². The zero-order valence-corrected chi connectivity index (χ0v) is 13.9. The van der Waals surface area contributed by atoms with Crippen LogP contribution in [-0.2, 0) is 4.74 Å². The first-order valence-corrected chi connectivity index (χ1v) is 7.48. The largest absolute Gasteiger partial charge is 0.451 e. The third-order valence-electron chi connectivity index (χ3n) is 3.74. The summed E-state index contributed by atoms with van der Waals surface area (Å²) < 4.78 is 31.4. The lowest BCUT2D eigenvalue weighted by Crippen LogP contribution is -2.25. The molecule has 0 saturated carbocycles. The number of esters is 1. The summed E-state index contributed by atoms with van der Waals surface area (Å²) >= 11 is 0. The quantitative estimate of drug-likeness (QED) is 0.619. The molecule has 3 nitrogen and oxygen atoms in total. The Balaban J connectivity index is 2.19. The molecule has 2 aromatic carbocycles. The van der Waals surface area contributed by atoms with Gasteiger partial charge in [0, 0.05) is 5.56 Å². The fraction of sp³-hybridized carbons (Fsp3) is 0.263. The lowest BCUT2D eigenvalue weighted by Gasteiger charge is -2.15. The number of carbonyl (C=O) groups excluding carboxylic acids is 2. The molecule has 2 rings (SSSR count). The van der Waals surface area contributed by atoms with Crippen LogP contribution >= 0.6 is 0 Å². The highest BCUT2D eigenvalue weighted by Gasteiger charge is 2.23. The number of ketones is 1. The van der Waals surface area contributed by atoms with Crippen molar-refractivity contribution in [3.63, 3.8) is 0 Å². The molecular formula is C19H18F2O3. The average Bonchev–Trinajstić information content (AvgIpc) is 2.48. The fourth-order valence-corrected chi connectivity index (χ4v) is 2.66. The fourth-order valence-electron chi connectivity index (χ4n) is 2.66. The minimum atomic E-state index is -1.12. The second-order valence-electron chi connectivity index (χ2n) is 5.81. The van der Waals surface area contributed by atoms with E-state index in [4.69, 9.17) is 4.74 Å². The van der Waals surface area contributed by atoms with Crippen molar-refractivity contribution in [1.82, 2.24) is 0 Å². The molecule has 24 heavy (non-hydrogen) atoms. The molecule has 5 heteroatoms. The van der Waals surface area contributed by atoms with E-state index in [9.17, 15) is 18.4 Å². The third kappa shape index (κ3) is 3.67. The predicted molar refractivity (Wildman–Crippen MR) is 86.2 cm³/mol. The third-order valence-corrected chi connectivity index (χ3v) is 3.74. The van der Waals surface area contributed by atoms with E-state index in [1.807, 2.05) is 19.1 Å². The van der Waals surface area contributed by atoms with Crippen LogP contribution in [0.3, 0.4) is 0 Å².